The number of carbonyl (C=O) groups excluding carboxylic acids is 1. The van der Waals surface area contributed by atoms with Crippen LogP contribution in [0.15, 0.2) is 80.1 Å². The number of para-hydroxylation sites is 1. The fraction of sp³-hybridized carbons (Fsp3) is 0.250. The minimum atomic E-state index is -1.03. The highest BCUT2D eigenvalue weighted by molar-refractivity contribution is 7.07. The maximum absolute atomic E-state index is 14.0. The van der Waals surface area contributed by atoms with Crippen LogP contribution in [0.4, 0.5) is 0 Å². The molecule has 1 atom stereocenters. The van der Waals surface area contributed by atoms with Crippen molar-refractivity contribution in [1.82, 2.24) is 4.57 Å². The average Bonchev–Trinajstić information content (AvgIpc) is 3.52. The van der Waals surface area contributed by atoms with Crippen molar-refractivity contribution in [2.24, 2.45) is 4.99 Å². The van der Waals surface area contributed by atoms with Gasteiger partial charge in [-0.25, -0.2) is 14.6 Å². The molecule has 2 aromatic heterocycles. The highest BCUT2D eigenvalue weighted by Crippen LogP contribution is 2.36. The van der Waals surface area contributed by atoms with E-state index >= 15 is 0 Å². The number of hydrogen-bond donors (Lipinski definition) is 1. The van der Waals surface area contributed by atoms with Crippen LogP contribution in [0.25, 0.3) is 17.4 Å². The summed E-state index contributed by atoms with van der Waals surface area (Å²) in [5, 5.41) is 9.40. The molecule has 4 aromatic rings. The SMILES string of the molecule is CCOC(=O)C1=C(C)N=c2s/c(=C/c3ccc(-c4cc(C(=O)O)ccc4C)o3)c(=O)n2[C@@H]1c1ccccc1OC(C)C. The smallest absolute Gasteiger partial charge is 0.338 e. The van der Waals surface area contributed by atoms with Gasteiger partial charge in [-0.3, -0.25) is 9.36 Å². The number of benzene rings is 2. The van der Waals surface area contributed by atoms with E-state index in [1.807, 2.05) is 45.0 Å². The Kier molecular flexibility index (Phi) is 8.00. The van der Waals surface area contributed by atoms with Crippen LogP contribution in [0.1, 0.15) is 61.0 Å². The quantitative estimate of drug-likeness (QED) is 0.293. The molecule has 3 heterocycles. The topological polar surface area (TPSA) is 120 Å². The number of nitrogens with zero attached hydrogens (tertiary/aromatic N) is 2. The van der Waals surface area contributed by atoms with Crippen molar-refractivity contribution in [3.05, 3.63) is 108 Å². The molecule has 0 unspecified atom stereocenters. The van der Waals surface area contributed by atoms with Gasteiger partial charge in [0.15, 0.2) is 4.80 Å². The zero-order chi connectivity index (χ0) is 30.1. The van der Waals surface area contributed by atoms with Crippen molar-refractivity contribution in [2.45, 2.75) is 46.8 Å². The summed E-state index contributed by atoms with van der Waals surface area (Å²) >= 11 is 1.18. The van der Waals surface area contributed by atoms with Crippen LogP contribution < -0.4 is 19.6 Å². The van der Waals surface area contributed by atoms with Gasteiger partial charge >= 0.3 is 11.9 Å². The van der Waals surface area contributed by atoms with Crippen molar-refractivity contribution < 1.29 is 28.6 Å². The number of aryl methyl sites for hydroxylation is 1. The zero-order valence-electron chi connectivity index (χ0n) is 23.8. The van der Waals surface area contributed by atoms with Gasteiger partial charge < -0.3 is 19.0 Å². The molecule has 0 spiro atoms. The third kappa shape index (κ3) is 5.45. The van der Waals surface area contributed by atoms with E-state index in [1.54, 1.807) is 50.3 Å². The number of carbonyl (C=O) groups is 2. The maximum Gasteiger partial charge on any atom is 0.338 e. The second-order valence-corrected chi connectivity index (χ2v) is 11.1. The Labute approximate surface area is 245 Å². The number of rotatable bonds is 8. The van der Waals surface area contributed by atoms with E-state index in [4.69, 9.17) is 13.9 Å². The van der Waals surface area contributed by atoms with Gasteiger partial charge in [-0.15, -0.1) is 0 Å². The highest BCUT2D eigenvalue weighted by Gasteiger charge is 2.35. The normalized spacial score (nSPS) is 15.0. The molecule has 1 aliphatic rings. The van der Waals surface area contributed by atoms with Crippen LogP contribution in [0.2, 0.25) is 0 Å². The Morgan fingerprint density at radius 3 is 2.62 bits per heavy atom. The van der Waals surface area contributed by atoms with Gasteiger partial charge in [0.2, 0.25) is 0 Å². The molecule has 9 nitrogen and oxygen atoms in total. The fourth-order valence-corrected chi connectivity index (χ4v) is 5.90. The predicted octanol–water partition coefficient (Wildman–Crippen LogP) is 4.85. The standard InChI is InChI=1S/C32H30N2O7S/c1-6-39-31(38)27-19(5)33-32-34(28(27)22-9-7-8-10-24(22)40-17(2)3)29(35)26(42-32)16-21-13-14-25(41-21)23-15-20(30(36)37)12-11-18(23)4/h7-17,28H,6H2,1-5H3,(H,36,37)/b26-16+/t28-/m1/s1. The van der Waals surface area contributed by atoms with E-state index in [-0.39, 0.29) is 29.4 Å². The molecule has 1 N–H and O–H groups in total. The monoisotopic (exact) mass is 586 g/mol. The molecule has 0 radical (unpaired) electrons. The number of hydrogen-bond acceptors (Lipinski definition) is 8. The van der Waals surface area contributed by atoms with E-state index in [2.05, 4.69) is 4.99 Å². The number of aromatic carboxylic acids is 1. The van der Waals surface area contributed by atoms with E-state index in [0.717, 1.165) is 5.56 Å². The number of ether oxygens (including phenoxy) is 2. The number of esters is 1. The van der Waals surface area contributed by atoms with Crippen molar-refractivity contribution in [3.63, 3.8) is 0 Å². The maximum atomic E-state index is 14.0. The third-order valence-corrected chi connectivity index (χ3v) is 7.73. The molecule has 42 heavy (non-hydrogen) atoms. The van der Waals surface area contributed by atoms with E-state index < -0.39 is 18.0 Å². The Bertz CT molecular complexity index is 1910. The van der Waals surface area contributed by atoms with Crippen LogP contribution in [0.5, 0.6) is 5.75 Å². The Morgan fingerprint density at radius 2 is 1.90 bits per heavy atom. The predicted molar refractivity (Wildman–Crippen MR) is 158 cm³/mol. The lowest BCUT2D eigenvalue weighted by atomic mass is 9.95. The number of aromatic nitrogens is 1. The van der Waals surface area contributed by atoms with Crippen molar-refractivity contribution in [2.75, 3.05) is 6.61 Å². The summed E-state index contributed by atoms with van der Waals surface area (Å²) in [6.07, 6.45) is 1.49. The van der Waals surface area contributed by atoms with Crippen molar-refractivity contribution in [1.29, 1.82) is 0 Å². The summed E-state index contributed by atoms with van der Waals surface area (Å²) in [5.74, 6) is -0.133. The van der Waals surface area contributed by atoms with Gasteiger partial charge in [0.25, 0.3) is 5.56 Å². The number of fused-ring (bicyclic) bond motifs is 1. The summed E-state index contributed by atoms with van der Waals surface area (Å²) in [6, 6.07) is 14.8. The molecule has 0 amide bonds. The van der Waals surface area contributed by atoms with Crippen LogP contribution in [0.3, 0.4) is 0 Å². The van der Waals surface area contributed by atoms with Crippen LogP contribution >= 0.6 is 11.3 Å². The van der Waals surface area contributed by atoms with Crippen LogP contribution in [-0.4, -0.2) is 34.3 Å². The molecular formula is C32H30N2O7S. The van der Waals surface area contributed by atoms with Gasteiger partial charge in [0.05, 0.1) is 34.1 Å². The first-order valence-electron chi connectivity index (χ1n) is 13.5. The molecule has 0 fully saturated rings. The molecule has 5 rings (SSSR count). The first-order chi connectivity index (χ1) is 20.1. The lowest BCUT2D eigenvalue weighted by molar-refractivity contribution is -0.139. The minimum absolute atomic E-state index is 0.133. The molecule has 1 aliphatic heterocycles. The van der Waals surface area contributed by atoms with Gasteiger partial charge in [-0.1, -0.05) is 35.6 Å². The minimum Gasteiger partial charge on any atom is -0.491 e. The number of thiazole rings is 1. The van der Waals surface area contributed by atoms with E-state index in [0.29, 0.717) is 43.4 Å². The Morgan fingerprint density at radius 1 is 1.14 bits per heavy atom. The van der Waals surface area contributed by atoms with E-state index in [1.165, 1.54) is 15.9 Å². The molecule has 0 saturated heterocycles. The lowest BCUT2D eigenvalue weighted by Crippen LogP contribution is -2.40. The lowest BCUT2D eigenvalue weighted by Gasteiger charge is -2.26. The van der Waals surface area contributed by atoms with Crippen molar-refractivity contribution in [3.8, 4) is 17.1 Å². The van der Waals surface area contributed by atoms with Crippen LogP contribution in [0, 0.1) is 6.92 Å². The molecule has 10 heteroatoms. The Balaban J connectivity index is 1.65. The zero-order valence-corrected chi connectivity index (χ0v) is 24.7. The van der Waals surface area contributed by atoms with Gasteiger partial charge in [0, 0.05) is 17.2 Å². The second-order valence-electron chi connectivity index (χ2n) is 10.0. The summed E-state index contributed by atoms with van der Waals surface area (Å²) in [4.78, 5) is 43.7. The first kappa shape index (κ1) is 28.8. The first-order valence-corrected chi connectivity index (χ1v) is 14.3. The molecule has 2 aromatic carbocycles. The second kappa shape index (κ2) is 11.7. The molecule has 216 valence electrons. The van der Waals surface area contributed by atoms with Gasteiger partial charge in [0.1, 0.15) is 23.3 Å². The molecule has 0 saturated carbocycles. The summed E-state index contributed by atoms with van der Waals surface area (Å²) < 4.78 is 19.4. The van der Waals surface area contributed by atoms with Gasteiger partial charge in [-0.05, 0) is 70.5 Å². The Hall–Kier alpha value is -4.70. The molecular weight excluding hydrogens is 556 g/mol. The summed E-state index contributed by atoms with van der Waals surface area (Å²) in [6.45, 7) is 9.32. The number of carboxylic acid groups (broad SMARTS) is 1. The molecule has 0 bridgehead atoms. The summed E-state index contributed by atoms with van der Waals surface area (Å²) in [5.41, 5.74) is 2.67. The van der Waals surface area contributed by atoms with Crippen molar-refractivity contribution >= 4 is 29.4 Å². The molecule has 0 aliphatic carbocycles. The third-order valence-electron chi connectivity index (χ3n) is 6.74. The largest absolute Gasteiger partial charge is 0.491 e. The number of allylic oxidation sites excluding steroid dienone is 1. The van der Waals surface area contributed by atoms with E-state index in [9.17, 15) is 19.5 Å². The highest BCUT2D eigenvalue weighted by atomic mass is 32.1. The summed E-state index contributed by atoms with van der Waals surface area (Å²) in [7, 11) is 0. The number of carboxylic acids is 1. The number of furan rings is 1. The average molecular weight is 587 g/mol. The fourth-order valence-electron chi connectivity index (χ4n) is 4.88. The van der Waals surface area contributed by atoms with Gasteiger partial charge in [-0.2, -0.15) is 0 Å². The van der Waals surface area contributed by atoms with Crippen LogP contribution in [-0.2, 0) is 9.53 Å².